The van der Waals surface area contributed by atoms with Gasteiger partial charge in [0, 0.05) is 46.5 Å². The van der Waals surface area contributed by atoms with Crippen LogP contribution < -0.4 is 15.8 Å². The van der Waals surface area contributed by atoms with Crippen LogP contribution in [0.5, 0.6) is 0 Å². The van der Waals surface area contributed by atoms with Crippen molar-refractivity contribution in [2.24, 2.45) is 0 Å². The molecule has 150 valence electrons. The Morgan fingerprint density at radius 3 is 2.90 bits per heavy atom. The van der Waals surface area contributed by atoms with Crippen molar-refractivity contribution in [2.75, 3.05) is 38.1 Å². The molecule has 0 spiro atoms. The van der Waals surface area contributed by atoms with Gasteiger partial charge in [-0.15, -0.1) is 0 Å². The maximum absolute atomic E-state index is 14.6. The first-order chi connectivity index (χ1) is 15.9. The molecule has 0 saturated carbocycles. The first-order valence-corrected chi connectivity index (χ1v) is 8.93. The monoisotopic (exact) mass is 401 g/mol. The molecule has 29 heavy (non-hydrogen) atoms. The van der Waals surface area contributed by atoms with E-state index in [2.05, 4.69) is 15.0 Å². The van der Waals surface area contributed by atoms with E-state index in [1.807, 2.05) is 0 Å². The fraction of sp³-hybridized carbons (Fsp3) is 0.300. The number of aromatic amines is 1. The van der Waals surface area contributed by atoms with Crippen LogP contribution in [-0.2, 0) is 6.50 Å². The number of fused-ring (bicyclic) bond motifs is 1. The van der Waals surface area contributed by atoms with E-state index in [0.29, 0.717) is 29.7 Å². The van der Waals surface area contributed by atoms with Gasteiger partial charge >= 0.3 is 0 Å². The Kier molecular flexibility index (Phi) is 3.78. The number of nitrogens with one attached hydrogen (secondary N) is 2. The second kappa shape index (κ2) is 7.96. The van der Waals surface area contributed by atoms with Crippen LogP contribution in [0.15, 0.2) is 41.3 Å². The van der Waals surface area contributed by atoms with Gasteiger partial charge in [0.05, 0.1) is 22.9 Å². The van der Waals surface area contributed by atoms with Gasteiger partial charge in [-0.1, -0.05) is 6.07 Å². The lowest BCUT2D eigenvalue weighted by Gasteiger charge is -2.36. The minimum absolute atomic E-state index is 0.139. The number of anilines is 1. The molecule has 1 aliphatic rings. The zero-order chi connectivity index (χ0) is 24.7. The van der Waals surface area contributed by atoms with Gasteiger partial charge in [0.1, 0.15) is 5.69 Å². The average Bonchev–Trinajstić information content (AvgIpc) is 2.77. The van der Waals surface area contributed by atoms with Gasteiger partial charge in [-0.2, -0.15) is 4.39 Å². The summed E-state index contributed by atoms with van der Waals surface area (Å²) in [6.07, 6.45) is 1.16. The second-order valence-electron chi connectivity index (χ2n) is 6.53. The molecule has 1 amide bonds. The summed E-state index contributed by atoms with van der Waals surface area (Å²) in [4.78, 5) is 37.0. The second-order valence-corrected chi connectivity index (χ2v) is 6.53. The third-order valence-electron chi connectivity index (χ3n) is 4.66. The van der Waals surface area contributed by atoms with Crippen LogP contribution >= 0.6 is 0 Å². The molecule has 1 fully saturated rings. The van der Waals surface area contributed by atoms with Crippen LogP contribution in [0.1, 0.15) is 22.9 Å². The number of hydrogen-bond donors (Lipinski definition) is 2. The highest BCUT2D eigenvalue weighted by molar-refractivity contribution is 5.92. The maximum Gasteiger partial charge on any atom is 0.269 e. The van der Waals surface area contributed by atoms with Gasteiger partial charge in [0.25, 0.3) is 11.5 Å². The lowest BCUT2D eigenvalue weighted by molar-refractivity contribution is 0.0957. The van der Waals surface area contributed by atoms with E-state index in [9.17, 15) is 14.0 Å². The molecule has 1 aliphatic heterocycles. The Hall–Kier alpha value is -3.33. The summed E-state index contributed by atoms with van der Waals surface area (Å²) in [5.74, 6) is -1.92. The van der Waals surface area contributed by atoms with Crippen LogP contribution in [0.4, 0.5) is 10.1 Å². The van der Waals surface area contributed by atoms with E-state index in [0.717, 1.165) is 6.20 Å². The molecule has 2 aromatic heterocycles. The van der Waals surface area contributed by atoms with Crippen LogP contribution in [0.3, 0.4) is 0 Å². The molecule has 1 saturated heterocycles. The van der Waals surface area contributed by atoms with Gasteiger partial charge in [0.2, 0.25) is 5.95 Å². The van der Waals surface area contributed by atoms with Crippen LogP contribution in [0.25, 0.3) is 11.0 Å². The molecule has 0 atom stereocenters. The average molecular weight is 401 g/mol. The predicted octanol–water partition coefficient (Wildman–Crippen LogP) is 1.14. The Morgan fingerprint density at radius 2 is 2.14 bits per heavy atom. The molecular weight excluding hydrogens is 375 g/mol. The molecule has 4 rings (SSSR count). The van der Waals surface area contributed by atoms with Crippen molar-refractivity contribution < 1.29 is 16.0 Å². The van der Waals surface area contributed by atoms with Crippen molar-refractivity contribution in [1.29, 1.82) is 0 Å². The number of hydrogen-bond acceptors (Lipinski definition) is 6. The van der Waals surface area contributed by atoms with E-state index in [4.69, 9.17) is 6.85 Å². The molecule has 3 aromatic rings. The maximum atomic E-state index is 14.6. The van der Waals surface area contributed by atoms with Crippen molar-refractivity contribution >= 4 is 22.6 Å². The highest BCUT2D eigenvalue weighted by atomic mass is 19.1. The van der Waals surface area contributed by atoms with Crippen LogP contribution in [-0.4, -0.2) is 58.9 Å². The standard InChI is InChI=1S/C20H21FN6O2/c1-22-20(29)15-4-5-17(19(21)25-15)27-8-6-26(7-9-27)12-13-2-3-14-16(10-13)24-18(28)11-23-14/h2-5,10-11H,6-9,12H2,1H3,(H,22,29)(H,24,28)/i1D3,12D2. The number of benzene rings is 1. The summed E-state index contributed by atoms with van der Waals surface area (Å²) in [6.45, 7) is -3.42. The van der Waals surface area contributed by atoms with Gasteiger partial charge in [-0.25, -0.2) is 9.97 Å². The van der Waals surface area contributed by atoms with Crippen molar-refractivity contribution in [3.05, 3.63) is 64.1 Å². The van der Waals surface area contributed by atoms with Gasteiger partial charge in [0.15, 0.2) is 0 Å². The number of amides is 1. The van der Waals surface area contributed by atoms with E-state index < -0.39 is 25.3 Å². The van der Waals surface area contributed by atoms with E-state index in [1.165, 1.54) is 12.1 Å². The molecule has 0 aliphatic carbocycles. The summed E-state index contributed by atoms with van der Waals surface area (Å²) >= 11 is 0. The van der Waals surface area contributed by atoms with Gasteiger partial charge < -0.3 is 15.2 Å². The lowest BCUT2D eigenvalue weighted by Crippen LogP contribution is -2.46. The number of rotatable bonds is 4. The minimum Gasteiger partial charge on any atom is -0.365 e. The third-order valence-corrected chi connectivity index (χ3v) is 4.66. The highest BCUT2D eigenvalue weighted by Gasteiger charge is 2.21. The fourth-order valence-corrected chi connectivity index (χ4v) is 3.21. The summed E-state index contributed by atoms with van der Waals surface area (Å²) < 4.78 is 53.1. The number of pyridine rings is 1. The van der Waals surface area contributed by atoms with Crippen molar-refractivity contribution in [3.8, 4) is 0 Å². The normalized spacial score (nSPS) is 18.4. The van der Waals surface area contributed by atoms with E-state index in [-0.39, 0.29) is 30.0 Å². The largest absolute Gasteiger partial charge is 0.365 e. The summed E-state index contributed by atoms with van der Waals surface area (Å²) in [5.41, 5.74) is 0.744. The molecule has 9 heteroatoms. The molecule has 0 radical (unpaired) electrons. The lowest BCUT2D eigenvalue weighted by atomic mass is 10.1. The fourth-order valence-electron chi connectivity index (χ4n) is 3.21. The number of H-pyrrole nitrogens is 1. The Labute approximate surface area is 173 Å². The smallest absolute Gasteiger partial charge is 0.269 e. The first kappa shape index (κ1) is 13.8. The molecule has 0 unspecified atom stereocenters. The number of carbonyl (C=O) groups is 1. The topological polar surface area (TPSA) is 94.2 Å². The quantitative estimate of drug-likeness (QED) is 0.637. The minimum atomic E-state index is -2.71. The number of nitrogens with zero attached hydrogens (tertiary/aromatic N) is 4. The molecule has 1 aromatic carbocycles. The predicted molar refractivity (Wildman–Crippen MR) is 107 cm³/mol. The molecule has 0 bridgehead atoms. The summed E-state index contributed by atoms with van der Waals surface area (Å²) in [7, 11) is 0. The first-order valence-electron chi connectivity index (χ1n) is 11.4. The van der Waals surface area contributed by atoms with Crippen molar-refractivity contribution in [1.82, 2.24) is 25.2 Å². The Morgan fingerprint density at radius 1 is 1.31 bits per heavy atom. The number of aromatic nitrogens is 3. The van der Waals surface area contributed by atoms with Gasteiger partial charge in [-0.3, -0.25) is 14.5 Å². The molecule has 2 N–H and O–H groups in total. The summed E-state index contributed by atoms with van der Waals surface area (Å²) in [5, 5.41) is 1.76. The van der Waals surface area contributed by atoms with E-state index >= 15 is 0 Å². The third kappa shape index (κ3) is 4.09. The van der Waals surface area contributed by atoms with Crippen LogP contribution in [0, 0.1) is 5.95 Å². The summed E-state index contributed by atoms with van der Waals surface area (Å²) in [6, 6.07) is 7.41. The van der Waals surface area contributed by atoms with Crippen molar-refractivity contribution in [3.63, 3.8) is 0 Å². The van der Waals surface area contributed by atoms with Crippen LogP contribution in [0.2, 0.25) is 0 Å². The Bertz CT molecular complexity index is 1290. The van der Waals surface area contributed by atoms with E-state index in [1.54, 1.807) is 33.3 Å². The zero-order valence-corrected chi connectivity index (χ0v) is 15.3. The molecule has 8 nitrogen and oxygen atoms in total. The van der Waals surface area contributed by atoms with Gasteiger partial charge in [-0.05, 0) is 29.8 Å². The molecular formula is C20H21FN6O2. The highest BCUT2D eigenvalue weighted by Crippen LogP contribution is 2.21. The zero-order valence-electron chi connectivity index (χ0n) is 20.3. The number of halogens is 1. The number of piperazine rings is 1. The SMILES string of the molecule is [2H]C([2H])([2H])NC(=O)c1ccc(N2CCN(C([2H])([2H])c3ccc4ncc(=O)[nH]c4c3)CC2)c(F)n1. The van der Waals surface area contributed by atoms with Crippen molar-refractivity contribution in [2.45, 2.75) is 6.50 Å². The number of carbonyl (C=O) groups excluding carboxylic acids is 1. The molecule has 3 heterocycles. The Balaban J connectivity index is 1.46.